The van der Waals surface area contributed by atoms with Crippen molar-refractivity contribution in [2.45, 2.75) is 31.7 Å². The zero-order chi connectivity index (χ0) is 13.2. The third kappa shape index (κ3) is 2.58. The summed E-state index contributed by atoms with van der Waals surface area (Å²) < 4.78 is 1.00. The van der Waals surface area contributed by atoms with Crippen LogP contribution < -0.4 is 5.73 Å². The quantitative estimate of drug-likeness (QED) is 0.828. The van der Waals surface area contributed by atoms with Crippen LogP contribution in [0.1, 0.15) is 37.4 Å². The molecule has 0 saturated carbocycles. The number of hydrogen-bond donors (Lipinski definition) is 1. The molecule has 2 nitrogen and oxygen atoms in total. The first-order chi connectivity index (χ1) is 9.25. The highest BCUT2D eigenvalue weighted by atomic mass is 79.9. The third-order valence-electron chi connectivity index (χ3n) is 3.72. The lowest BCUT2D eigenvalue weighted by Gasteiger charge is -2.20. The molecule has 0 bridgehead atoms. The summed E-state index contributed by atoms with van der Waals surface area (Å²) in [6.45, 7) is 0. The van der Waals surface area contributed by atoms with E-state index in [0.29, 0.717) is 0 Å². The highest BCUT2D eigenvalue weighted by Gasteiger charge is 2.18. The number of benzene rings is 1. The number of fused-ring (bicyclic) bond motifs is 1. The second-order valence-corrected chi connectivity index (χ2v) is 5.90. The van der Waals surface area contributed by atoms with Crippen molar-refractivity contribution in [2.75, 3.05) is 0 Å². The summed E-state index contributed by atoms with van der Waals surface area (Å²) in [4.78, 5) is 4.74. The van der Waals surface area contributed by atoms with Crippen molar-refractivity contribution in [1.82, 2.24) is 4.98 Å². The van der Waals surface area contributed by atoms with Gasteiger partial charge in [-0.05, 0) is 53.7 Å². The molecule has 19 heavy (non-hydrogen) atoms. The van der Waals surface area contributed by atoms with Crippen LogP contribution in [0, 0.1) is 0 Å². The number of hydrogen-bond acceptors (Lipinski definition) is 2. The molecule has 0 amide bonds. The molecular formula is C16H17BrN2. The van der Waals surface area contributed by atoms with Gasteiger partial charge in [0, 0.05) is 9.86 Å². The van der Waals surface area contributed by atoms with Gasteiger partial charge in [-0.3, -0.25) is 0 Å². The Kier molecular flexibility index (Phi) is 3.67. The minimum Gasteiger partial charge on any atom is -0.319 e. The molecule has 0 fully saturated rings. The number of nitrogens with zero attached hydrogens (tertiary/aromatic N) is 1. The summed E-state index contributed by atoms with van der Waals surface area (Å²) in [7, 11) is 0. The maximum absolute atomic E-state index is 6.40. The molecule has 1 atom stereocenters. The Balaban J connectivity index is 2.04. The van der Waals surface area contributed by atoms with E-state index < -0.39 is 0 Å². The Hall–Kier alpha value is -1.19. The normalized spacial score (nSPS) is 17.3. The molecule has 3 heteroatoms. The Morgan fingerprint density at radius 2 is 2.05 bits per heavy atom. The minimum absolute atomic E-state index is 0.0840. The second-order valence-electron chi connectivity index (χ2n) is 5.05. The predicted molar refractivity (Wildman–Crippen MR) is 82.9 cm³/mol. The van der Waals surface area contributed by atoms with Gasteiger partial charge in [0.2, 0.25) is 0 Å². The van der Waals surface area contributed by atoms with Crippen molar-refractivity contribution in [3.05, 3.63) is 52.1 Å². The maximum Gasteiger partial charge on any atom is 0.0762 e. The summed E-state index contributed by atoms with van der Waals surface area (Å²) in [5.41, 5.74) is 9.69. The first-order valence-electron chi connectivity index (χ1n) is 6.75. The monoisotopic (exact) mass is 316 g/mol. The topological polar surface area (TPSA) is 38.9 Å². The molecular weight excluding hydrogens is 300 g/mol. The molecule has 0 radical (unpaired) electrons. The van der Waals surface area contributed by atoms with Gasteiger partial charge in [-0.2, -0.15) is 0 Å². The Labute approximate surface area is 121 Å². The summed E-state index contributed by atoms with van der Waals surface area (Å²) in [5, 5.41) is 1.14. The lowest BCUT2D eigenvalue weighted by Crippen LogP contribution is -2.17. The van der Waals surface area contributed by atoms with Crippen LogP contribution in [0.2, 0.25) is 0 Å². The average Bonchev–Trinajstić information content (AvgIpc) is 2.47. The second kappa shape index (κ2) is 5.43. The van der Waals surface area contributed by atoms with Crippen LogP contribution in [0.5, 0.6) is 0 Å². The number of pyridine rings is 1. The molecule has 1 aliphatic carbocycles. The molecule has 1 aromatic heterocycles. The van der Waals surface area contributed by atoms with Gasteiger partial charge in [-0.1, -0.05) is 29.8 Å². The van der Waals surface area contributed by atoms with E-state index in [0.717, 1.165) is 33.9 Å². The lowest BCUT2D eigenvalue weighted by molar-refractivity contribution is 0.641. The van der Waals surface area contributed by atoms with Crippen molar-refractivity contribution in [2.24, 2.45) is 5.73 Å². The summed E-state index contributed by atoms with van der Waals surface area (Å²) >= 11 is 3.61. The molecule has 3 rings (SSSR count). The fourth-order valence-corrected chi connectivity index (χ4v) is 3.23. The summed E-state index contributed by atoms with van der Waals surface area (Å²) in [5.74, 6) is 0. The molecule has 98 valence electrons. The number of rotatable bonds is 2. The van der Waals surface area contributed by atoms with E-state index in [4.69, 9.17) is 10.7 Å². The average molecular weight is 317 g/mol. The third-order valence-corrected chi connectivity index (χ3v) is 4.36. The van der Waals surface area contributed by atoms with Crippen LogP contribution in [-0.4, -0.2) is 4.98 Å². The summed E-state index contributed by atoms with van der Waals surface area (Å²) in [6, 6.07) is 10.2. The van der Waals surface area contributed by atoms with E-state index in [-0.39, 0.29) is 6.04 Å². The predicted octanol–water partition coefficient (Wildman–Crippen LogP) is 4.50. The van der Waals surface area contributed by atoms with Crippen LogP contribution in [0.3, 0.4) is 0 Å². The highest BCUT2D eigenvalue weighted by Crippen LogP contribution is 2.32. The number of para-hydroxylation sites is 1. The van der Waals surface area contributed by atoms with Gasteiger partial charge in [0.05, 0.1) is 17.3 Å². The molecule has 1 heterocycles. The van der Waals surface area contributed by atoms with Gasteiger partial charge in [0.25, 0.3) is 0 Å². The first-order valence-corrected chi connectivity index (χ1v) is 7.55. The molecule has 1 aliphatic rings. The molecule has 1 aromatic carbocycles. The Bertz CT molecular complexity index is 634. The number of nitrogens with two attached hydrogens (primary N) is 1. The van der Waals surface area contributed by atoms with E-state index in [9.17, 15) is 0 Å². The maximum atomic E-state index is 6.40. The molecule has 0 saturated heterocycles. The van der Waals surface area contributed by atoms with E-state index in [1.807, 2.05) is 18.2 Å². The largest absolute Gasteiger partial charge is 0.319 e. The van der Waals surface area contributed by atoms with Gasteiger partial charge in [-0.25, -0.2) is 4.98 Å². The van der Waals surface area contributed by atoms with Gasteiger partial charge in [0.1, 0.15) is 0 Å². The standard InChI is InChI=1S/C16H17BrN2/c17-13-10-12-8-4-5-9-14(12)19-16(13)15(18)11-6-2-1-3-7-11/h4-6,8-10,15H,1-3,7,18H2. The van der Waals surface area contributed by atoms with E-state index in [1.54, 1.807) is 0 Å². The van der Waals surface area contributed by atoms with E-state index in [2.05, 4.69) is 34.1 Å². The Morgan fingerprint density at radius 3 is 2.84 bits per heavy atom. The molecule has 0 aliphatic heterocycles. The summed E-state index contributed by atoms with van der Waals surface area (Å²) in [6.07, 6.45) is 7.06. The number of allylic oxidation sites excluding steroid dienone is 1. The fourth-order valence-electron chi connectivity index (χ4n) is 2.64. The number of halogens is 1. The molecule has 1 unspecified atom stereocenters. The smallest absolute Gasteiger partial charge is 0.0762 e. The van der Waals surface area contributed by atoms with Gasteiger partial charge in [-0.15, -0.1) is 0 Å². The molecule has 2 aromatic rings. The first kappa shape index (κ1) is 12.8. The lowest BCUT2D eigenvalue weighted by atomic mass is 9.92. The SMILES string of the molecule is NC(C1=CCCCC1)c1nc2ccccc2cc1Br. The highest BCUT2D eigenvalue weighted by molar-refractivity contribution is 9.10. The van der Waals surface area contributed by atoms with Crippen molar-refractivity contribution in [3.63, 3.8) is 0 Å². The van der Waals surface area contributed by atoms with Crippen LogP contribution in [0.25, 0.3) is 10.9 Å². The van der Waals surface area contributed by atoms with E-state index >= 15 is 0 Å². The zero-order valence-electron chi connectivity index (χ0n) is 10.8. The van der Waals surface area contributed by atoms with Crippen LogP contribution in [-0.2, 0) is 0 Å². The van der Waals surface area contributed by atoms with E-state index in [1.165, 1.54) is 18.4 Å². The number of aromatic nitrogens is 1. The van der Waals surface area contributed by atoms with Gasteiger partial charge in [0.15, 0.2) is 0 Å². The zero-order valence-corrected chi connectivity index (χ0v) is 12.4. The van der Waals surface area contributed by atoms with Crippen molar-refractivity contribution < 1.29 is 0 Å². The van der Waals surface area contributed by atoms with Crippen LogP contribution in [0.15, 0.2) is 46.5 Å². The van der Waals surface area contributed by atoms with Gasteiger partial charge < -0.3 is 5.73 Å². The van der Waals surface area contributed by atoms with Gasteiger partial charge >= 0.3 is 0 Å². The van der Waals surface area contributed by atoms with Crippen LogP contribution in [0.4, 0.5) is 0 Å². The molecule has 0 spiro atoms. The van der Waals surface area contributed by atoms with Crippen molar-refractivity contribution in [1.29, 1.82) is 0 Å². The van der Waals surface area contributed by atoms with Crippen molar-refractivity contribution in [3.8, 4) is 0 Å². The molecule has 2 N–H and O–H groups in total. The minimum atomic E-state index is -0.0840. The van der Waals surface area contributed by atoms with Crippen molar-refractivity contribution >= 4 is 26.8 Å². The Morgan fingerprint density at radius 1 is 1.21 bits per heavy atom. The fraction of sp³-hybridized carbons (Fsp3) is 0.312. The van der Waals surface area contributed by atoms with Crippen LogP contribution >= 0.6 is 15.9 Å².